The lowest BCUT2D eigenvalue weighted by Crippen LogP contribution is -1.66. The number of halogens is 1. The van der Waals surface area contributed by atoms with E-state index in [0.717, 1.165) is 4.90 Å². The van der Waals surface area contributed by atoms with Crippen molar-refractivity contribution >= 4 is 24.8 Å². The maximum Gasteiger partial charge on any atom is 0.0812 e. The minimum Gasteiger partial charge on any atom is -0.160 e. The summed E-state index contributed by atoms with van der Waals surface area (Å²) in [5.41, 5.74) is 0. The summed E-state index contributed by atoms with van der Waals surface area (Å²) < 4.78 is 11.8. The van der Waals surface area contributed by atoms with Crippen LogP contribution in [-0.2, 0) is 0 Å². The molecule has 1 aromatic rings. The van der Waals surface area contributed by atoms with E-state index in [2.05, 4.69) is 12.6 Å². The smallest absolute Gasteiger partial charge is 0.0812 e. The minimum absolute atomic E-state index is 0.234. The van der Waals surface area contributed by atoms with E-state index in [1.807, 2.05) is 6.07 Å². The van der Waals surface area contributed by atoms with E-state index in [1.165, 1.54) is 0 Å². The van der Waals surface area contributed by atoms with Gasteiger partial charge in [-0.15, -0.1) is 12.6 Å². The molecule has 0 N–H and O–H groups in total. The van der Waals surface area contributed by atoms with E-state index in [9.17, 15) is 3.89 Å². The van der Waals surface area contributed by atoms with Gasteiger partial charge in [0.2, 0.25) is 0 Å². The van der Waals surface area contributed by atoms with Crippen LogP contribution in [0.4, 0.5) is 3.89 Å². The predicted molar refractivity (Wildman–Crippen MR) is 40.7 cm³/mol. The van der Waals surface area contributed by atoms with Crippen LogP contribution in [0.3, 0.4) is 0 Å². The van der Waals surface area contributed by atoms with E-state index in [-0.39, 0.29) is 12.1 Å². The highest BCUT2D eigenvalue weighted by Gasteiger charge is 1.90. The topological polar surface area (TPSA) is 0 Å². The van der Waals surface area contributed by atoms with Crippen molar-refractivity contribution in [3.8, 4) is 0 Å². The first kappa shape index (κ1) is 6.96. The molecule has 0 unspecified atom stereocenters. The Morgan fingerprint density at radius 1 is 1.44 bits per heavy atom. The van der Waals surface area contributed by atoms with Gasteiger partial charge in [0, 0.05) is 9.79 Å². The highest BCUT2D eigenvalue weighted by molar-refractivity contribution is 7.94. The second-order valence-electron chi connectivity index (χ2n) is 1.57. The zero-order valence-corrected chi connectivity index (χ0v) is 6.25. The largest absolute Gasteiger partial charge is 0.160 e. The predicted octanol–water partition coefficient (Wildman–Crippen LogP) is 2.95. The Morgan fingerprint density at radius 3 is 2.67 bits per heavy atom. The molecule has 0 nitrogen and oxygen atoms in total. The van der Waals surface area contributed by atoms with E-state index in [1.54, 1.807) is 18.2 Å². The molecule has 0 bridgehead atoms. The van der Waals surface area contributed by atoms with Crippen LogP contribution < -0.4 is 0 Å². The minimum atomic E-state index is 0.234. The van der Waals surface area contributed by atoms with Crippen molar-refractivity contribution in [2.75, 3.05) is 0 Å². The molecule has 1 rings (SSSR count). The lowest BCUT2D eigenvalue weighted by atomic mass is 10.4. The molecule has 0 atom stereocenters. The molecule has 0 aromatic heterocycles. The van der Waals surface area contributed by atoms with Gasteiger partial charge in [-0.3, -0.25) is 0 Å². The Kier molecular flexibility index (Phi) is 2.42. The molecule has 0 aliphatic rings. The van der Waals surface area contributed by atoms with E-state index in [0.29, 0.717) is 4.90 Å². The molecular weight excluding hydrogens is 155 g/mol. The van der Waals surface area contributed by atoms with Crippen LogP contribution in [-0.4, -0.2) is 0 Å². The van der Waals surface area contributed by atoms with Crippen LogP contribution in [0.25, 0.3) is 0 Å². The van der Waals surface area contributed by atoms with Gasteiger partial charge in [0.25, 0.3) is 0 Å². The number of rotatable bonds is 1. The van der Waals surface area contributed by atoms with Crippen molar-refractivity contribution in [2.24, 2.45) is 0 Å². The van der Waals surface area contributed by atoms with Gasteiger partial charge < -0.3 is 0 Å². The Labute approximate surface area is 63.2 Å². The summed E-state index contributed by atoms with van der Waals surface area (Å²) in [5.74, 6) is 0. The van der Waals surface area contributed by atoms with Gasteiger partial charge in [-0.05, 0) is 18.2 Å². The molecule has 0 heterocycles. The Bertz CT molecular complexity index is 200. The van der Waals surface area contributed by atoms with E-state index >= 15 is 0 Å². The van der Waals surface area contributed by atoms with E-state index < -0.39 is 0 Å². The summed E-state index contributed by atoms with van der Waals surface area (Å²) in [7, 11) is 0. The summed E-state index contributed by atoms with van der Waals surface area (Å²) in [4.78, 5) is 1.39. The second-order valence-corrected chi connectivity index (χ2v) is 2.72. The average molecular weight is 160 g/mol. The molecule has 0 amide bonds. The maximum atomic E-state index is 11.8. The average Bonchev–Trinajstić information content (AvgIpc) is 1.88. The summed E-state index contributed by atoms with van der Waals surface area (Å²) in [5, 5.41) is 0. The molecule has 3 heteroatoms. The molecule has 9 heavy (non-hydrogen) atoms. The van der Waals surface area contributed by atoms with Gasteiger partial charge in [-0.2, -0.15) is 3.89 Å². The molecule has 0 fully saturated rings. The third-order valence-corrected chi connectivity index (χ3v) is 1.62. The molecule has 1 aromatic carbocycles. The van der Waals surface area contributed by atoms with Crippen LogP contribution in [0.15, 0.2) is 34.1 Å². The first-order valence-corrected chi connectivity index (χ1v) is 3.57. The van der Waals surface area contributed by atoms with Crippen molar-refractivity contribution in [1.82, 2.24) is 0 Å². The molecule has 0 spiro atoms. The molecule has 0 saturated carbocycles. The van der Waals surface area contributed by atoms with Crippen LogP contribution in [0, 0.1) is 0 Å². The Hall–Kier alpha value is -0.150. The van der Waals surface area contributed by atoms with Crippen molar-refractivity contribution < 1.29 is 3.89 Å². The zero-order valence-electron chi connectivity index (χ0n) is 4.54. The standard InChI is InChI=1S/C6H5FS2/c7-9-6-3-1-2-5(8)4-6/h1-4,8H. The zero-order chi connectivity index (χ0) is 6.69. The molecule has 0 aliphatic heterocycles. The Balaban J connectivity index is 2.94. The van der Waals surface area contributed by atoms with Gasteiger partial charge in [-0.25, -0.2) is 0 Å². The summed E-state index contributed by atoms with van der Waals surface area (Å²) in [6.07, 6.45) is 0. The Morgan fingerprint density at radius 2 is 2.22 bits per heavy atom. The van der Waals surface area contributed by atoms with Gasteiger partial charge in [0.15, 0.2) is 0 Å². The van der Waals surface area contributed by atoms with Gasteiger partial charge in [0.1, 0.15) is 0 Å². The SMILES string of the molecule is FSc1cccc(S)c1. The quantitative estimate of drug-likeness (QED) is 0.616. The lowest BCUT2D eigenvalue weighted by Gasteiger charge is -1.91. The van der Waals surface area contributed by atoms with Crippen LogP contribution >= 0.6 is 24.8 Å². The van der Waals surface area contributed by atoms with E-state index in [4.69, 9.17) is 0 Å². The van der Waals surface area contributed by atoms with Gasteiger partial charge >= 0.3 is 0 Å². The third-order valence-electron chi connectivity index (χ3n) is 0.907. The van der Waals surface area contributed by atoms with Crippen LogP contribution in [0.5, 0.6) is 0 Å². The third kappa shape index (κ3) is 1.91. The molecule has 0 saturated heterocycles. The molecular formula is C6H5FS2. The first-order chi connectivity index (χ1) is 4.33. The molecule has 0 aliphatic carbocycles. The van der Waals surface area contributed by atoms with Crippen LogP contribution in [0.1, 0.15) is 0 Å². The fourth-order valence-corrected chi connectivity index (χ4v) is 1.15. The highest BCUT2D eigenvalue weighted by Crippen LogP contribution is 2.20. The fraction of sp³-hybridized carbons (Fsp3) is 0. The monoisotopic (exact) mass is 160 g/mol. The molecule has 48 valence electrons. The lowest BCUT2D eigenvalue weighted by molar-refractivity contribution is 0.933. The first-order valence-electron chi connectivity index (χ1n) is 2.40. The van der Waals surface area contributed by atoms with Crippen molar-refractivity contribution in [1.29, 1.82) is 0 Å². The summed E-state index contributed by atoms with van der Waals surface area (Å²) in [6, 6.07) is 6.95. The number of hydrogen-bond donors (Lipinski definition) is 1. The number of thiol groups is 1. The van der Waals surface area contributed by atoms with Crippen molar-refractivity contribution in [3.63, 3.8) is 0 Å². The molecule has 0 radical (unpaired) electrons. The van der Waals surface area contributed by atoms with Crippen LogP contribution in [0.2, 0.25) is 0 Å². The van der Waals surface area contributed by atoms with Crippen molar-refractivity contribution in [2.45, 2.75) is 9.79 Å². The highest BCUT2D eigenvalue weighted by atomic mass is 32.2. The van der Waals surface area contributed by atoms with Gasteiger partial charge in [-0.1, -0.05) is 6.07 Å². The number of hydrogen-bond acceptors (Lipinski definition) is 2. The van der Waals surface area contributed by atoms with Crippen molar-refractivity contribution in [3.05, 3.63) is 24.3 Å². The maximum absolute atomic E-state index is 11.8. The fourth-order valence-electron chi connectivity index (χ4n) is 0.532. The normalized spacial score (nSPS) is 9.56. The van der Waals surface area contributed by atoms with Gasteiger partial charge in [0.05, 0.1) is 12.1 Å². The second kappa shape index (κ2) is 3.13. The summed E-state index contributed by atoms with van der Waals surface area (Å²) >= 11 is 4.26. The number of benzene rings is 1. The summed E-state index contributed by atoms with van der Waals surface area (Å²) in [6.45, 7) is 0.